The van der Waals surface area contributed by atoms with Crippen molar-refractivity contribution in [1.82, 2.24) is 4.57 Å². The molecule has 1 aromatic heterocycles. The molecule has 0 aromatic carbocycles. The molecule has 0 saturated carbocycles. The second-order valence-electron chi connectivity index (χ2n) is 3.36. The lowest BCUT2D eigenvalue weighted by atomic mass is 10.1. The Morgan fingerprint density at radius 2 is 1.93 bits per heavy atom. The van der Waals surface area contributed by atoms with Crippen molar-refractivity contribution in [2.24, 2.45) is 5.73 Å². The van der Waals surface area contributed by atoms with E-state index in [1.54, 1.807) is 20.8 Å². The minimum Gasteiger partial charge on any atom is -0.494 e. The summed E-state index contributed by atoms with van der Waals surface area (Å²) in [5, 5.41) is 9.68. The number of primary amides is 1. The molecule has 0 aliphatic rings. The van der Waals surface area contributed by atoms with Crippen LogP contribution in [0.4, 0.5) is 0 Å². The number of aromatic nitrogens is 1. The van der Waals surface area contributed by atoms with Gasteiger partial charge >= 0.3 is 0 Å². The molecule has 82 valence electrons. The van der Waals surface area contributed by atoms with Crippen LogP contribution in [-0.2, 0) is 6.54 Å². The quantitative estimate of drug-likeness (QED) is 0.735. The summed E-state index contributed by atoms with van der Waals surface area (Å²) in [5.74, 6) is -0.868. The predicted octanol–water partition coefficient (Wildman–Crippen LogP) is 0.290. The first-order chi connectivity index (χ1) is 6.91. The minimum absolute atomic E-state index is 0.0489. The van der Waals surface area contributed by atoms with Gasteiger partial charge in [0.2, 0.25) is 0 Å². The summed E-state index contributed by atoms with van der Waals surface area (Å²) < 4.78 is 1.13. The highest BCUT2D eigenvalue weighted by molar-refractivity contribution is 5.94. The standard InChI is InChI=1S/C10H14N2O3/c1-4-12-9(14)6(3)5(2)7(8(11)13)10(12)15/h14H,4H2,1-3H3,(H2,11,13). The largest absolute Gasteiger partial charge is 0.494 e. The number of hydrogen-bond donors (Lipinski definition) is 2. The molecule has 0 unspecified atom stereocenters. The van der Waals surface area contributed by atoms with Crippen LogP contribution < -0.4 is 11.3 Å². The van der Waals surface area contributed by atoms with Crippen LogP contribution in [0.25, 0.3) is 0 Å². The van der Waals surface area contributed by atoms with Crippen LogP contribution in [0.1, 0.15) is 28.4 Å². The van der Waals surface area contributed by atoms with Gasteiger partial charge in [0, 0.05) is 12.1 Å². The maximum Gasteiger partial charge on any atom is 0.266 e. The number of rotatable bonds is 2. The van der Waals surface area contributed by atoms with E-state index >= 15 is 0 Å². The zero-order valence-corrected chi connectivity index (χ0v) is 9.00. The van der Waals surface area contributed by atoms with Gasteiger partial charge in [0.05, 0.1) is 0 Å². The maximum atomic E-state index is 11.7. The fourth-order valence-electron chi connectivity index (χ4n) is 1.53. The fourth-order valence-corrected chi connectivity index (χ4v) is 1.53. The number of pyridine rings is 1. The Kier molecular flexibility index (Phi) is 2.83. The van der Waals surface area contributed by atoms with Crippen molar-refractivity contribution in [2.45, 2.75) is 27.3 Å². The predicted molar refractivity (Wildman–Crippen MR) is 56.0 cm³/mol. The third-order valence-corrected chi connectivity index (χ3v) is 2.55. The Labute approximate surface area is 87.1 Å². The SMILES string of the molecule is CCn1c(O)c(C)c(C)c(C(N)=O)c1=O. The normalized spacial score (nSPS) is 10.3. The van der Waals surface area contributed by atoms with Crippen LogP contribution >= 0.6 is 0 Å². The van der Waals surface area contributed by atoms with Gasteiger partial charge in [-0.3, -0.25) is 14.2 Å². The first-order valence-corrected chi connectivity index (χ1v) is 4.64. The van der Waals surface area contributed by atoms with Crippen LogP contribution in [0.3, 0.4) is 0 Å². The minimum atomic E-state index is -0.761. The molecule has 0 fully saturated rings. The van der Waals surface area contributed by atoms with E-state index in [9.17, 15) is 14.7 Å². The van der Waals surface area contributed by atoms with Gasteiger partial charge in [-0.1, -0.05) is 0 Å². The molecule has 0 atom stereocenters. The molecule has 15 heavy (non-hydrogen) atoms. The molecule has 0 bridgehead atoms. The van der Waals surface area contributed by atoms with Gasteiger partial charge in [0.1, 0.15) is 5.56 Å². The van der Waals surface area contributed by atoms with Crippen LogP contribution in [-0.4, -0.2) is 15.6 Å². The summed E-state index contributed by atoms with van der Waals surface area (Å²) in [5.41, 5.74) is 5.48. The van der Waals surface area contributed by atoms with E-state index in [1.165, 1.54) is 0 Å². The van der Waals surface area contributed by atoms with Crippen LogP contribution in [0.15, 0.2) is 4.79 Å². The van der Waals surface area contributed by atoms with Gasteiger partial charge < -0.3 is 10.8 Å². The number of carbonyl (C=O) groups excluding carboxylic acids is 1. The molecular formula is C10H14N2O3. The Hall–Kier alpha value is -1.78. The highest BCUT2D eigenvalue weighted by atomic mass is 16.3. The van der Waals surface area contributed by atoms with E-state index < -0.39 is 11.5 Å². The monoisotopic (exact) mass is 210 g/mol. The van der Waals surface area contributed by atoms with Crippen molar-refractivity contribution in [1.29, 1.82) is 0 Å². The topological polar surface area (TPSA) is 85.3 Å². The Morgan fingerprint density at radius 1 is 1.40 bits per heavy atom. The summed E-state index contributed by atoms with van der Waals surface area (Å²) >= 11 is 0. The molecule has 1 aromatic rings. The Bertz CT molecular complexity index is 475. The number of amides is 1. The first kappa shape index (κ1) is 11.3. The Balaban J connectivity index is 3.77. The van der Waals surface area contributed by atoms with Crippen LogP contribution in [0.5, 0.6) is 5.88 Å². The molecule has 1 heterocycles. The van der Waals surface area contributed by atoms with Crippen molar-refractivity contribution in [3.63, 3.8) is 0 Å². The zero-order valence-electron chi connectivity index (χ0n) is 9.00. The van der Waals surface area contributed by atoms with Crippen LogP contribution in [0.2, 0.25) is 0 Å². The highest BCUT2D eigenvalue weighted by Gasteiger charge is 2.18. The molecule has 0 spiro atoms. The second kappa shape index (κ2) is 3.76. The van der Waals surface area contributed by atoms with Crippen molar-refractivity contribution in [2.75, 3.05) is 0 Å². The molecule has 1 amide bonds. The smallest absolute Gasteiger partial charge is 0.266 e. The van der Waals surface area contributed by atoms with E-state index in [0.717, 1.165) is 4.57 Å². The lowest BCUT2D eigenvalue weighted by Gasteiger charge is -2.13. The maximum absolute atomic E-state index is 11.7. The summed E-state index contributed by atoms with van der Waals surface area (Å²) in [6, 6.07) is 0. The summed E-state index contributed by atoms with van der Waals surface area (Å²) in [4.78, 5) is 22.8. The van der Waals surface area contributed by atoms with Gasteiger partial charge in [0.25, 0.3) is 11.5 Å². The average Bonchev–Trinajstić information content (AvgIpc) is 2.15. The molecule has 0 aliphatic heterocycles. The van der Waals surface area contributed by atoms with Crippen molar-refractivity contribution < 1.29 is 9.90 Å². The number of carbonyl (C=O) groups is 1. The fraction of sp³-hybridized carbons (Fsp3) is 0.400. The molecule has 0 radical (unpaired) electrons. The van der Waals surface area contributed by atoms with Crippen LogP contribution in [0, 0.1) is 13.8 Å². The van der Waals surface area contributed by atoms with Crippen molar-refractivity contribution >= 4 is 5.91 Å². The van der Waals surface area contributed by atoms with Gasteiger partial charge in [-0.2, -0.15) is 0 Å². The zero-order chi connectivity index (χ0) is 11.7. The molecule has 0 saturated heterocycles. The van der Waals surface area contributed by atoms with Crippen molar-refractivity contribution in [3.8, 4) is 5.88 Å². The summed E-state index contributed by atoms with van der Waals surface area (Å²) in [6.45, 7) is 5.24. The van der Waals surface area contributed by atoms with E-state index in [2.05, 4.69) is 0 Å². The molecule has 3 N–H and O–H groups in total. The van der Waals surface area contributed by atoms with Gasteiger partial charge in [-0.15, -0.1) is 0 Å². The van der Waals surface area contributed by atoms with E-state index in [1.807, 2.05) is 0 Å². The molecule has 5 heteroatoms. The first-order valence-electron chi connectivity index (χ1n) is 4.64. The highest BCUT2D eigenvalue weighted by Crippen LogP contribution is 2.19. The number of aromatic hydroxyl groups is 1. The van der Waals surface area contributed by atoms with Gasteiger partial charge in [-0.25, -0.2) is 0 Å². The van der Waals surface area contributed by atoms with E-state index in [-0.39, 0.29) is 11.4 Å². The van der Waals surface area contributed by atoms with E-state index in [4.69, 9.17) is 5.73 Å². The molecule has 1 rings (SSSR count). The molecular weight excluding hydrogens is 196 g/mol. The number of nitrogens with zero attached hydrogens (tertiary/aromatic N) is 1. The van der Waals surface area contributed by atoms with Gasteiger partial charge in [-0.05, 0) is 26.3 Å². The lowest BCUT2D eigenvalue weighted by Crippen LogP contribution is -2.31. The lowest BCUT2D eigenvalue weighted by molar-refractivity contribution is 0.0997. The summed E-state index contributed by atoms with van der Waals surface area (Å²) in [7, 11) is 0. The molecule has 5 nitrogen and oxygen atoms in total. The summed E-state index contributed by atoms with van der Waals surface area (Å²) in [6.07, 6.45) is 0. The molecule has 0 aliphatic carbocycles. The van der Waals surface area contributed by atoms with Crippen molar-refractivity contribution in [3.05, 3.63) is 27.0 Å². The second-order valence-corrected chi connectivity index (χ2v) is 3.36. The van der Waals surface area contributed by atoms with E-state index in [0.29, 0.717) is 17.7 Å². The average molecular weight is 210 g/mol. The number of hydrogen-bond acceptors (Lipinski definition) is 3. The third kappa shape index (κ3) is 1.60. The Morgan fingerprint density at radius 3 is 2.33 bits per heavy atom. The third-order valence-electron chi connectivity index (χ3n) is 2.55. The number of nitrogens with two attached hydrogens (primary N) is 1. The van der Waals surface area contributed by atoms with Gasteiger partial charge in [0.15, 0.2) is 5.88 Å².